The van der Waals surface area contributed by atoms with E-state index in [-0.39, 0.29) is 0 Å². The van der Waals surface area contributed by atoms with E-state index >= 15 is 0 Å². The summed E-state index contributed by atoms with van der Waals surface area (Å²) in [6.07, 6.45) is 4.83. The van der Waals surface area contributed by atoms with E-state index in [4.69, 9.17) is 4.74 Å². The summed E-state index contributed by atoms with van der Waals surface area (Å²) in [6, 6.07) is 28.2. The number of methoxy groups -OCH3 is 1. The number of hydrogen-bond donors (Lipinski definition) is 1. The maximum Gasteiger partial charge on any atom is 0.118 e. The van der Waals surface area contributed by atoms with Gasteiger partial charge in [-0.15, -0.1) is 0 Å². The minimum absolute atomic E-state index is 0.399. The van der Waals surface area contributed by atoms with Crippen molar-refractivity contribution in [2.24, 2.45) is 0 Å². The Morgan fingerprint density at radius 2 is 1.45 bits per heavy atom. The maximum absolute atomic E-state index is 5.22. The third kappa shape index (κ3) is 6.76. The highest BCUT2D eigenvalue weighted by Crippen LogP contribution is 2.24. The first-order valence-electron chi connectivity index (χ1n) is 10.7. The molecule has 2 heteroatoms. The van der Waals surface area contributed by atoms with E-state index < -0.39 is 0 Å². The normalized spacial score (nSPS) is 11.9. The van der Waals surface area contributed by atoms with E-state index in [2.05, 4.69) is 79.0 Å². The second-order valence-electron chi connectivity index (χ2n) is 7.74. The third-order valence-corrected chi connectivity index (χ3v) is 5.51. The van der Waals surface area contributed by atoms with Crippen LogP contribution in [0.3, 0.4) is 0 Å². The van der Waals surface area contributed by atoms with Crippen molar-refractivity contribution in [1.29, 1.82) is 0 Å². The van der Waals surface area contributed by atoms with Gasteiger partial charge < -0.3 is 10.1 Å². The molecule has 0 aliphatic rings. The van der Waals surface area contributed by atoms with Crippen molar-refractivity contribution in [3.63, 3.8) is 0 Å². The smallest absolute Gasteiger partial charge is 0.118 e. The summed E-state index contributed by atoms with van der Waals surface area (Å²) in [7, 11) is 1.71. The van der Waals surface area contributed by atoms with Gasteiger partial charge in [0.1, 0.15) is 5.75 Å². The molecule has 3 aromatic rings. The lowest BCUT2D eigenvalue weighted by molar-refractivity contribution is 0.414. The Kier molecular flexibility index (Phi) is 8.33. The summed E-state index contributed by atoms with van der Waals surface area (Å²) in [5, 5.41) is 3.69. The summed E-state index contributed by atoms with van der Waals surface area (Å²) in [6.45, 7) is 4.19. The molecule has 1 N–H and O–H groups in total. The van der Waals surface area contributed by atoms with E-state index in [1.54, 1.807) is 7.11 Å². The van der Waals surface area contributed by atoms with E-state index in [1.807, 2.05) is 12.1 Å². The van der Waals surface area contributed by atoms with Crippen LogP contribution in [0.1, 0.15) is 47.4 Å². The van der Waals surface area contributed by atoms with Crippen LogP contribution in [0.25, 0.3) is 0 Å². The first-order valence-corrected chi connectivity index (χ1v) is 10.7. The number of benzene rings is 3. The lowest BCUT2D eigenvalue weighted by Crippen LogP contribution is -2.23. The molecular weight excluding hydrogens is 354 g/mol. The molecule has 0 fully saturated rings. The van der Waals surface area contributed by atoms with Crippen molar-refractivity contribution >= 4 is 0 Å². The summed E-state index contributed by atoms with van der Waals surface area (Å²) in [4.78, 5) is 0. The van der Waals surface area contributed by atoms with Crippen molar-refractivity contribution in [2.75, 3.05) is 20.2 Å². The first kappa shape index (κ1) is 21.1. The fraction of sp³-hybridized carbons (Fsp3) is 0.333. The van der Waals surface area contributed by atoms with Gasteiger partial charge in [0.2, 0.25) is 0 Å². The Labute approximate surface area is 175 Å². The van der Waals surface area contributed by atoms with Crippen LogP contribution in [0.15, 0.2) is 78.9 Å². The van der Waals surface area contributed by atoms with Crippen molar-refractivity contribution in [2.45, 2.75) is 38.5 Å². The zero-order valence-corrected chi connectivity index (χ0v) is 17.7. The zero-order chi connectivity index (χ0) is 20.3. The Morgan fingerprint density at radius 3 is 2.14 bits per heavy atom. The molecule has 0 radical (unpaired) electrons. The van der Waals surface area contributed by atoms with Gasteiger partial charge in [-0.3, -0.25) is 0 Å². The molecule has 0 aliphatic heterocycles. The minimum atomic E-state index is 0.399. The predicted molar refractivity (Wildman–Crippen MR) is 123 cm³/mol. The van der Waals surface area contributed by atoms with Gasteiger partial charge in [0.15, 0.2) is 0 Å². The number of nitrogens with one attached hydrogen (secondary N) is 1. The largest absolute Gasteiger partial charge is 0.497 e. The molecule has 2 nitrogen and oxygen atoms in total. The van der Waals surface area contributed by atoms with Crippen molar-refractivity contribution < 1.29 is 4.74 Å². The Hall–Kier alpha value is -2.58. The molecule has 3 rings (SSSR count). The minimum Gasteiger partial charge on any atom is -0.497 e. The van der Waals surface area contributed by atoms with Crippen LogP contribution in [0.2, 0.25) is 0 Å². The number of aryl methyl sites for hydroxylation is 2. The molecule has 0 aliphatic carbocycles. The molecule has 3 aromatic carbocycles. The van der Waals surface area contributed by atoms with Gasteiger partial charge >= 0.3 is 0 Å². The molecular formula is C27H33NO. The van der Waals surface area contributed by atoms with Crippen LogP contribution in [0.4, 0.5) is 0 Å². The van der Waals surface area contributed by atoms with Gasteiger partial charge in [-0.25, -0.2) is 0 Å². The second-order valence-corrected chi connectivity index (χ2v) is 7.74. The van der Waals surface area contributed by atoms with Crippen molar-refractivity contribution in [1.82, 2.24) is 5.32 Å². The van der Waals surface area contributed by atoms with Crippen LogP contribution in [0.5, 0.6) is 5.75 Å². The average molecular weight is 388 g/mol. The average Bonchev–Trinajstić information content (AvgIpc) is 2.77. The van der Waals surface area contributed by atoms with E-state index in [1.165, 1.54) is 41.5 Å². The molecule has 152 valence electrons. The van der Waals surface area contributed by atoms with Gasteiger partial charge in [-0.2, -0.15) is 0 Å². The summed E-state index contributed by atoms with van der Waals surface area (Å²) >= 11 is 0. The molecule has 0 saturated carbocycles. The Balaban J connectivity index is 1.42. The van der Waals surface area contributed by atoms with Gasteiger partial charge in [0.05, 0.1) is 7.11 Å². The van der Waals surface area contributed by atoms with E-state index in [0.717, 1.165) is 25.3 Å². The molecule has 0 aromatic heterocycles. The van der Waals surface area contributed by atoms with Gasteiger partial charge in [0, 0.05) is 12.5 Å². The predicted octanol–water partition coefficient (Wildman–Crippen LogP) is 6.14. The van der Waals surface area contributed by atoms with Crippen LogP contribution < -0.4 is 10.1 Å². The molecule has 1 atom stereocenters. The van der Waals surface area contributed by atoms with Crippen molar-refractivity contribution in [3.8, 4) is 5.75 Å². The van der Waals surface area contributed by atoms with Gasteiger partial charge in [-0.05, 0) is 61.6 Å². The summed E-state index contributed by atoms with van der Waals surface area (Å²) in [5.41, 5.74) is 5.46. The number of rotatable bonds is 11. The molecule has 0 amide bonds. The Bertz CT molecular complexity index is 825. The van der Waals surface area contributed by atoms with Gasteiger partial charge in [-0.1, -0.05) is 78.7 Å². The Morgan fingerprint density at radius 1 is 0.759 bits per heavy atom. The zero-order valence-electron chi connectivity index (χ0n) is 17.7. The molecule has 0 bridgehead atoms. The molecule has 1 unspecified atom stereocenters. The lowest BCUT2D eigenvalue weighted by Gasteiger charge is -2.19. The standard InChI is InChI=1S/C27H33NO/c1-22-12-16-25(17-13-22)27(24-10-6-3-7-11-24)21-28-20-8-4-5-9-23-14-18-26(29-2)19-15-23/h3,6-7,10-19,27-28H,4-5,8-9,20-21H2,1-2H3. The molecule has 29 heavy (non-hydrogen) atoms. The quantitative estimate of drug-likeness (QED) is 0.399. The lowest BCUT2D eigenvalue weighted by atomic mass is 9.90. The number of unbranched alkanes of at least 4 members (excludes halogenated alkanes) is 2. The summed E-state index contributed by atoms with van der Waals surface area (Å²) < 4.78 is 5.22. The van der Waals surface area contributed by atoms with E-state index in [0.29, 0.717) is 5.92 Å². The van der Waals surface area contributed by atoms with Crippen LogP contribution >= 0.6 is 0 Å². The highest BCUT2D eigenvalue weighted by Gasteiger charge is 2.13. The topological polar surface area (TPSA) is 21.3 Å². The highest BCUT2D eigenvalue weighted by atomic mass is 16.5. The summed E-state index contributed by atoms with van der Waals surface area (Å²) in [5.74, 6) is 1.33. The highest BCUT2D eigenvalue weighted by molar-refractivity contribution is 5.34. The number of ether oxygens (including phenoxy) is 1. The second kappa shape index (κ2) is 11.4. The SMILES string of the molecule is COc1ccc(CCCCCNCC(c2ccccc2)c2ccc(C)cc2)cc1. The molecule has 0 spiro atoms. The molecule has 0 heterocycles. The fourth-order valence-electron chi connectivity index (χ4n) is 3.71. The van der Waals surface area contributed by atoms with Crippen LogP contribution in [-0.4, -0.2) is 20.2 Å². The van der Waals surface area contributed by atoms with E-state index in [9.17, 15) is 0 Å². The maximum atomic E-state index is 5.22. The first-order chi connectivity index (χ1) is 14.3. The van der Waals surface area contributed by atoms with Gasteiger partial charge in [0.25, 0.3) is 0 Å². The fourth-order valence-corrected chi connectivity index (χ4v) is 3.71. The van der Waals surface area contributed by atoms with Crippen molar-refractivity contribution in [3.05, 3.63) is 101 Å². The third-order valence-electron chi connectivity index (χ3n) is 5.51. The van der Waals surface area contributed by atoms with Crippen LogP contribution in [0, 0.1) is 6.92 Å². The monoisotopic (exact) mass is 387 g/mol. The molecule has 0 saturated heterocycles. The van der Waals surface area contributed by atoms with Crippen LogP contribution in [-0.2, 0) is 6.42 Å². The number of hydrogen-bond acceptors (Lipinski definition) is 2.